The van der Waals surface area contributed by atoms with E-state index in [0.717, 1.165) is 6.42 Å². The maximum Gasteiger partial charge on any atom is -0.0154 e. The molecular formula is C17H19P. The summed E-state index contributed by atoms with van der Waals surface area (Å²) < 4.78 is 0. The first-order valence-electron chi connectivity index (χ1n) is 6.42. The van der Waals surface area contributed by atoms with Gasteiger partial charge in [-0.05, 0) is 37.2 Å². The number of hydrogen-bond donors (Lipinski definition) is 0. The molecule has 0 aliphatic heterocycles. The van der Waals surface area contributed by atoms with E-state index in [2.05, 4.69) is 80.6 Å². The van der Waals surface area contributed by atoms with Crippen molar-refractivity contribution < 1.29 is 0 Å². The van der Waals surface area contributed by atoms with Crippen LogP contribution in [0.2, 0.25) is 0 Å². The van der Waals surface area contributed by atoms with E-state index in [1.165, 1.54) is 10.6 Å². The standard InChI is InChI=1S/C17H19P/c1-3-15(4-2)18(16-11-7-5-8-12-16)17-13-9-6-10-14-17/h3,5-14H,4H2,1-2H3/b15-3+. The Bertz CT molecular complexity index is 460. The lowest BCUT2D eigenvalue weighted by atomic mass is 10.4. The first-order chi connectivity index (χ1) is 8.86. The molecule has 0 aromatic heterocycles. The predicted octanol–water partition coefficient (Wildman–Crippen LogP) is 4.43. The van der Waals surface area contributed by atoms with Crippen LogP contribution < -0.4 is 10.6 Å². The summed E-state index contributed by atoms with van der Waals surface area (Å²) in [7, 11) is -0.353. The Balaban J connectivity index is 2.48. The Hall–Kier alpha value is -1.39. The predicted molar refractivity (Wildman–Crippen MR) is 83.1 cm³/mol. The molecule has 0 nitrogen and oxygen atoms in total. The molecule has 18 heavy (non-hydrogen) atoms. The van der Waals surface area contributed by atoms with Gasteiger partial charge in [0, 0.05) is 0 Å². The molecule has 0 radical (unpaired) electrons. The summed E-state index contributed by atoms with van der Waals surface area (Å²) in [6, 6.07) is 21.7. The second-order valence-corrected chi connectivity index (χ2v) is 6.42. The van der Waals surface area contributed by atoms with Crippen LogP contribution in [0.1, 0.15) is 20.3 Å². The first-order valence-corrected chi connectivity index (χ1v) is 7.76. The summed E-state index contributed by atoms with van der Waals surface area (Å²) in [6.07, 6.45) is 3.40. The minimum Gasteiger partial charge on any atom is -0.0833 e. The summed E-state index contributed by atoms with van der Waals surface area (Å²) in [5.41, 5.74) is 0. The normalized spacial score (nSPS) is 11.8. The Morgan fingerprint density at radius 2 is 1.33 bits per heavy atom. The lowest BCUT2D eigenvalue weighted by molar-refractivity contribution is 1.19. The van der Waals surface area contributed by atoms with Crippen molar-refractivity contribution in [1.82, 2.24) is 0 Å². The average Bonchev–Trinajstić information content (AvgIpc) is 2.46. The van der Waals surface area contributed by atoms with E-state index < -0.39 is 0 Å². The van der Waals surface area contributed by atoms with Crippen molar-refractivity contribution in [3.63, 3.8) is 0 Å². The third kappa shape index (κ3) is 2.89. The first kappa shape index (κ1) is 13.1. The van der Waals surface area contributed by atoms with Gasteiger partial charge in [-0.25, -0.2) is 0 Å². The topological polar surface area (TPSA) is 0 Å². The number of rotatable bonds is 4. The van der Waals surface area contributed by atoms with Gasteiger partial charge in [-0.2, -0.15) is 0 Å². The quantitative estimate of drug-likeness (QED) is 0.708. The van der Waals surface area contributed by atoms with E-state index in [4.69, 9.17) is 0 Å². The molecule has 0 N–H and O–H groups in total. The smallest absolute Gasteiger partial charge is 0.0154 e. The molecule has 0 fully saturated rings. The molecule has 2 aromatic rings. The van der Waals surface area contributed by atoms with E-state index >= 15 is 0 Å². The van der Waals surface area contributed by atoms with Gasteiger partial charge < -0.3 is 0 Å². The van der Waals surface area contributed by atoms with E-state index in [1.54, 1.807) is 5.31 Å². The molecule has 0 aliphatic rings. The minimum atomic E-state index is -0.353. The molecule has 0 aliphatic carbocycles. The van der Waals surface area contributed by atoms with Gasteiger partial charge in [-0.15, -0.1) is 0 Å². The second kappa shape index (κ2) is 6.52. The van der Waals surface area contributed by atoms with Gasteiger partial charge in [0.05, 0.1) is 0 Å². The zero-order valence-electron chi connectivity index (χ0n) is 11.0. The summed E-state index contributed by atoms with van der Waals surface area (Å²) in [6.45, 7) is 4.40. The van der Waals surface area contributed by atoms with Crippen LogP contribution in [0.4, 0.5) is 0 Å². The largest absolute Gasteiger partial charge is 0.0833 e. The van der Waals surface area contributed by atoms with Crippen molar-refractivity contribution >= 4 is 18.5 Å². The fourth-order valence-electron chi connectivity index (χ4n) is 2.13. The van der Waals surface area contributed by atoms with Gasteiger partial charge in [0.25, 0.3) is 0 Å². The van der Waals surface area contributed by atoms with Gasteiger partial charge in [0.1, 0.15) is 0 Å². The third-order valence-corrected chi connectivity index (χ3v) is 5.79. The summed E-state index contributed by atoms with van der Waals surface area (Å²) in [5, 5.41) is 4.42. The van der Waals surface area contributed by atoms with Gasteiger partial charge in [-0.3, -0.25) is 0 Å². The molecule has 0 atom stereocenters. The lowest BCUT2D eigenvalue weighted by Crippen LogP contribution is -2.12. The monoisotopic (exact) mass is 254 g/mol. The number of hydrogen-bond acceptors (Lipinski definition) is 0. The fourth-order valence-corrected chi connectivity index (χ4v) is 4.60. The van der Waals surface area contributed by atoms with Crippen molar-refractivity contribution in [3.8, 4) is 0 Å². The zero-order chi connectivity index (χ0) is 12.8. The maximum absolute atomic E-state index is 2.28. The molecule has 2 aromatic carbocycles. The van der Waals surface area contributed by atoms with Crippen molar-refractivity contribution in [3.05, 3.63) is 72.1 Å². The van der Waals surface area contributed by atoms with Crippen LogP contribution in [0.3, 0.4) is 0 Å². The Kier molecular flexibility index (Phi) is 4.73. The molecule has 0 amide bonds. The Morgan fingerprint density at radius 1 is 0.889 bits per heavy atom. The summed E-state index contributed by atoms with van der Waals surface area (Å²) in [4.78, 5) is 0. The van der Waals surface area contributed by atoms with E-state index in [1.807, 2.05) is 0 Å². The van der Waals surface area contributed by atoms with Crippen molar-refractivity contribution in [1.29, 1.82) is 0 Å². The highest BCUT2D eigenvalue weighted by atomic mass is 31.1. The zero-order valence-corrected chi connectivity index (χ0v) is 11.9. The minimum absolute atomic E-state index is 0.353. The van der Waals surface area contributed by atoms with Gasteiger partial charge >= 0.3 is 0 Å². The van der Waals surface area contributed by atoms with Crippen molar-refractivity contribution in [2.75, 3.05) is 0 Å². The molecule has 0 bridgehead atoms. The van der Waals surface area contributed by atoms with Gasteiger partial charge in [0.2, 0.25) is 0 Å². The van der Waals surface area contributed by atoms with Gasteiger partial charge in [0.15, 0.2) is 0 Å². The fraction of sp³-hybridized carbons (Fsp3) is 0.176. The Morgan fingerprint density at radius 3 is 1.67 bits per heavy atom. The molecule has 92 valence electrons. The van der Waals surface area contributed by atoms with Crippen molar-refractivity contribution in [2.45, 2.75) is 20.3 Å². The molecular weight excluding hydrogens is 235 g/mol. The third-order valence-electron chi connectivity index (χ3n) is 3.01. The second-order valence-electron chi connectivity index (χ2n) is 4.14. The van der Waals surface area contributed by atoms with Crippen LogP contribution in [-0.2, 0) is 0 Å². The highest BCUT2D eigenvalue weighted by molar-refractivity contribution is 7.76. The van der Waals surface area contributed by atoms with Crippen LogP contribution in [0.5, 0.6) is 0 Å². The highest BCUT2D eigenvalue weighted by Gasteiger charge is 2.16. The molecule has 0 heterocycles. The maximum atomic E-state index is 2.28. The molecule has 2 rings (SSSR count). The molecule has 0 unspecified atom stereocenters. The van der Waals surface area contributed by atoms with Crippen molar-refractivity contribution in [2.24, 2.45) is 0 Å². The summed E-state index contributed by atoms with van der Waals surface area (Å²) in [5.74, 6) is 0. The van der Waals surface area contributed by atoms with Crippen LogP contribution in [0, 0.1) is 0 Å². The van der Waals surface area contributed by atoms with Crippen LogP contribution in [0.15, 0.2) is 72.1 Å². The van der Waals surface area contributed by atoms with Gasteiger partial charge in [-0.1, -0.05) is 73.7 Å². The number of benzene rings is 2. The summed E-state index contributed by atoms with van der Waals surface area (Å²) >= 11 is 0. The molecule has 1 heteroatoms. The van der Waals surface area contributed by atoms with E-state index in [9.17, 15) is 0 Å². The molecule has 0 saturated carbocycles. The van der Waals surface area contributed by atoms with E-state index in [-0.39, 0.29) is 7.92 Å². The lowest BCUT2D eigenvalue weighted by Gasteiger charge is -2.21. The van der Waals surface area contributed by atoms with Crippen LogP contribution >= 0.6 is 7.92 Å². The molecule has 0 spiro atoms. The molecule has 0 saturated heterocycles. The number of allylic oxidation sites excluding steroid dienone is 2. The van der Waals surface area contributed by atoms with Crippen LogP contribution in [-0.4, -0.2) is 0 Å². The SMILES string of the molecule is C/C=C(\CC)P(c1ccccc1)c1ccccc1. The highest BCUT2D eigenvalue weighted by Crippen LogP contribution is 2.44. The average molecular weight is 254 g/mol. The van der Waals surface area contributed by atoms with Crippen LogP contribution in [0.25, 0.3) is 0 Å². The Labute approximate surface area is 111 Å². The van der Waals surface area contributed by atoms with E-state index in [0.29, 0.717) is 0 Å².